The van der Waals surface area contributed by atoms with E-state index in [-0.39, 0.29) is 46.8 Å². The van der Waals surface area contributed by atoms with Gasteiger partial charge in [-0.15, -0.1) is 0 Å². The number of benzene rings is 3. The van der Waals surface area contributed by atoms with Gasteiger partial charge in [0, 0.05) is 17.1 Å². The molecule has 3 aliphatic rings. The van der Waals surface area contributed by atoms with E-state index in [4.69, 9.17) is 55.1 Å². The van der Waals surface area contributed by atoms with Crippen LogP contribution in [-0.4, -0.2) is 190 Å². The number of carbonyl (C=O) groups is 3. The Morgan fingerprint density at radius 2 is 0.836 bits per heavy atom. The number of anilines is 3. The molecule has 0 aromatic heterocycles. The van der Waals surface area contributed by atoms with E-state index in [9.17, 15) is 55.2 Å². The molecule has 0 amide bonds. The predicted octanol–water partition coefficient (Wildman–Crippen LogP) is -1.09. The highest BCUT2D eigenvalue weighted by Crippen LogP contribution is 2.34. The lowest BCUT2D eigenvalue weighted by atomic mass is 9.93. The predicted molar refractivity (Wildman–Crippen MR) is 257 cm³/mol. The fraction of sp³-hybridized carbons (Fsp3) is 0.562. The normalized spacial score (nSPS) is 30.3. The molecule has 3 aliphatic heterocycles. The number of aliphatic hydroxyl groups excluding tert-OH is 5. The second-order valence-electron chi connectivity index (χ2n) is 17.9. The van der Waals surface area contributed by atoms with Gasteiger partial charge in [-0.05, 0) is 93.5 Å². The number of phenolic OH excluding ortho intramolecular Hbond substituents is 3. The van der Waals surface area contributed by atoms with Crippen molar-refractivity contribution in [1.82, 2.24) is 16.0 Å². The van der Waals surface area contributed by atoms with Crippen molar-refractivity contribution in [3.05, 3.63) is 71.3 Å². The van der Waals surface area contributed by atoms with E-state index in [1.54, 1.807) is 0 Å². The van der Waals surface area contributed by atoms with Gasteiger partial charge in [0.1, 0.15) is 109 Å². The zero-order valence-electron chi connectivity index (χ0n) is 40.5. The number of hydrogen-bond donors (Lipinski definition) is 14. The van der Waals surface area contributed by atoms with Crippen LogP contribution < -0.4 is 33.2 Å². The Hall–Kier alpha value is -5.65. The van der Waals surface area contributed by atoms with E-state index >= 15 is 0 Å². The number of esters is 3. The second-order valence-corrected chi connectivity index (χ2v) is 17.9. The average molecular weight is 1030 g/mol. The summed E-state index contributed by atoms with van der Waals surface area (Å²) in [5.74, 6) is -4.47. The van der Waals surface area contributed by atoms with Gasteiger partial charge in [0.15, 0.2) is 18.9 Å². The fourth-order valence-electron chi connectivity index (χ4n) is 8.52. The van der Waals surface area contributed by atoms with Gasteiger partial charge in [-0.25, -0.2) is 14.4 Å². The summed E-state index contributed by atoms with van der Waals surface area (Å²) in [4.78, 5) is 39.9. The molecule has 25 nitrogen and oxygen atoms in total. The molecule has 0 saturated carbocycles. The van der Waals surface area contributed by atoms with Gasteiger partial charge in [0.05, 0.1) is 18.1 Å². The van der Waals surface area contributed by atoms with Crippen LogP contribution in [0.2, 0.25) is 0 Å². The molecule has 3 aromatic rings. The minimum absolute atomic E-state index is 0.120. The zero-order valence-corrected chi connectivity index (χ0v) is 40.5. The molecule has 3 saturated heterocycles. The van der Waals surface area contributed by atoms with Crippen LogP contribution in [0.1, 0.15) is 71.1 Å². The summed E-state index contributed by atoms with van der Waals surface area (Å²) in [6.07, 6.45) is -17.5. The molecular weight excluding hydrogens is 965 g/mol. The minimum atomic E-state index is -1.72. The lowest BCUT2D eigenvalue weighted by molar-refractivity contribution is -0.352. The smallest absolute Gasteiger partial charge is 0.342 e. The number of nitrogen functional groups attached to an aromatic ring is 3. The fourth-order valence-corrected chi connectivity index (χ4v) is 8.52. The number of nitrogens with one attached hydrogen (secondary N) is 3. The first-order chi connectivity index (χ1) is 34.9. The van der Waals surface area contributed by atoms with Gasteiger partial charge in [-0.1, -0.05) is 20.8 Å². The van der Waals surface area contributed by atoms with E-state index in [1.807, 2.05) is 20.8 Å². The Bertz CT molecular complexity index is 2320. The maximum absolute atomic E-state index is 13.6. The molecule has 25 heteroatoms. The molecule has 6 unspecified atom stereocenters. The summed E-state index contributed by atoms with van der Waals surface area (Å²) in [6, 6.07) is 7.54. The van der Waals surface area contributed by atoms with Crippen LogP contribution in [0.5, 0.6) is 17.2 Å². The van der Waals surface area contributed by atoms with Gasteiger partial charge >= 0.3 is 17.9 Å². The summed E-state index contributed by atoms with van der Waals surface area (Å²) in [5, 5.41) is 98.9. The highest BCUT2D eigenvalue weighted by atomic mass is 16.7. The van der Waals surface area contributed by atoms with Crippen LogP contribution in [0.4, 0.5) is 17.1 Å². The summed E-state index contributed by atoms with van der Waals surface area (Å²) < 4.78 is 48.3. The molecule has 15 atom stereocenters. The lowest BCUT2D eigenvalue weighted by Crippen LogP contribution is -2.70. The molecule has 3 heterocycles. The number of carbonyl (C=O) groups excluding carboxylic acids is 3. The molecule has 0 aliphatic carbocycles. The number of rotatable bonds is 22. The molecule has 73 heavy (non-hydrogen) atoms. The Balaban J connectivity index is 1.33. The van der Waals surface area contributed by atoms with Crippen molar-refractivity contribution < 1.29 is 93.1 Å². The third-order valence-electron chi connectivity index (χ3n) is 12.4. The Morgan fingerprint density at radius 3 is 1.25 bits per heavy atom. The third kappa shape index (κ3) is 13.9. The van der Waals surface area contributed by atoms with Crippen molar-refractivity contribution in [3.8, 4) is 17.2 Å². The van der Waals surface area contributed by atoms with Crippen molar-refractivity contribution in [2.24, 2.45) is 0 Å². The molecule has 3 aromatic carbocycles. The van der Waals surface area contributed by atoms with Crippen LogP contribution >= 0.6 is 0 Å². The van der Waals surface area contributed by atoms with Gasteiger partial charge in [0.2, 0.25) is 0 Å². The SMILES string of the molecule is CCCNC1[C@H](O[C@@H]2C(COC(=O)c3cc(N)ccc3O)O[C@@H](O[C@@H]3C(COC(=O)c4cc(N)ccc4O)O[C@@H](O)C(NCCC)[C@@H]3O)C(NCCC)[C@@H]2O)OC(COC(=O)c2cc(N)ccc2O)[C@@H](O)[C@H]1O. The number of ether oxygens (including phenoxy) is 8. The highest BCUT2D eigenvalue weighted by Gasteiger charge is 2.54. The Morgan fingerprint density at radius 1 is 0.493 bits per heavy atom. The molecule has 17 N–H and O–H groups in total. The number of aliphatic hydroxyl groups is 5. The molecule has 0 spiro atoms. The zero-order chi connectivity index (χ0) is 53.1. The molecule has 6 rings (SSSR count). The van der Waals surface area contributed by atoms with E-state index in [0.29, 0.717) is 25.8 Å². The molecule has 0 bridgehead atoms. The summed E-state index contributed by atoms with van der Waals surface area (Å²) in [6.45, 7) is 4.25. The van der Waals surface area contributed by atoms with Gasteiger partial charge in [-0.2, -0.15) is 0 Å². The van der Waals surface area contributed by atoms with E-state index in [1.165, 1.54) is 54.6 Å². The maximum Gasteiger partial charge on any atom is 0.342 e. The van der Waals surface area contributed by atoms with Crippen LogP contribution in [-0.2, 0) is 37.9 Å². The van der Waals surface area contributed by atoms with Gasteiger partial charge in [-0.3, -0.25) is 0 Å². The van der Waals surface area contributed by atoms with Crippen LogP contribution in [0.25, 0.3) is 0 Å². The summed E-state index contributed by atoms with van der Waals surface area (Å²) in [5.41, 5.74) is 17.1. The molecular formula is C48H68N6O19. The van der Waals surface area contributed by atoms with Crippen LogP contribution in [0.15, 0.2) is 54.6 Å². The average Bonchev–Trinajstić information content (AvgIpc) is 3.36. The molecule has 0 radical (unpaired) electrons. The monoisotopic (exact) mass is 1030 g/mol. The largest absolute Gasteiger partial charge is 0.507 e. The first-order valence-electron chi connectivity index (χ1n) is 24.0. The standard InChI is InChI=1S/C48H68N6O19/c1-4-13-52-34-39(60)41(32(69-46(34)65)20-67-44(63)26-17-23(50)8-11-29(26)56)72-48-36(54-15-6-3)40(61)42(33(71-48)21-68-45(64)27-18-24(51)9-12-30(27)57)73-47-35(53-14-5-2)38(59)37(58)31(70-47)19-66-43(62)25-16-22(49)7-10-28(25)55/h7-12,16-18,31-42,46-48,52-61,65H,4-6,13-15,19-21,49-51H2,1-3H3/t31?,32?,33?,34?,35?,36?,37-,38+,39+,40+,41-,42-,46-,47+,48+/m1/s1. The van der Waals surface area contributed by atoms with Crippen molar-refractivity contribution in [3.63, 3.8) is 0 Å². The van der Waals surface area contributed by atoms with E-state index < -0.39 is 147 Å². The van der Waals surface area contributed by atoms with Crippen molar-refractivity contribution >= 4 is 35.0 Å². The van der Waals surface area contributed by atoms with Crippen molar-refractivity contribution in [2.45, 2.75) is 132 Å². The quantitative estimate of drug-likeness (QED) is 0.0246. The first-order valence-corrected chi connectivity index (χ1v) is 24.0. The Labute approximate surface area is 420 Å². The summed E-state index contributed by atoms with van der Waals surface area (Å²) >= 11 is 0. The van der Waals surface area contributed by atoms with Gasteiger partial charge < -0.3 is 112 Å². The van der Waals surface area contributed by atoms with Crippen LogP contribution in [0.3, 0.4) is 0 Å². The van der Waals surface area contributed by atoms with Gasteiger partial charge in [0.25, 0.3) is 0 Å². The third-order valence-corrected chi connectivity index (χ3v) is 12.4. The number of phenols is 3. The molecule has 404 valence electrons. The maximum atomic E-state index is 13.6. The Kier molecular flexibility index (Phi) is 20.2. The van der Waals surface area contributed by atoms with Crippen molar-refractivity contribution in [2.75, 3.05) is 56.7 Å². The van der Waals surface area contributed by atoms with Crippen LogP contribution in [0, 0.1) is 0 Å². The molecule has 3 fully saturated rings. The van der Waals surface area contributed by atoms with Crippen molar-refractivity contribution in [1.29, 1.82) is 0 Å². The topological polar surface area (TPSA) is 401 Å². The number of hydrogen-bond acceptors (Lipinski definition) is 25. The lowest BCUT2D eigenvalue weighted by Gasteiger charge is -2.50. The first kappa shape index (κ1) is 56.6. The van der Waals surface area contributed by atoms with E-state index in [2.05, 4.69) is 16.0 Å². The second kappa shape index (κ2) is 26.0. The summed E-state index contributed by atoms with van der Waals surface area (Å²) in [7, 11) is 0. The number of aromatic hydroxyl groups is 3. The van der Waals surface area contributed by atoms with E-state index in [0.717, 1.165) is 0 Å². The highest BCUT2D eigenvalue weighted by molar-refractivity contribution is 5.94. The minimum Gasteiger partial charge on any atom is -0.507 e. The number of nitrogens with two attached hydrogens (primary N) is 3.